The maximum absolute atomic E-state index is 9.15. The van der Waals surface area contributed by atoms with Crippen molar-refractivity contribution in [3.63, 3.8) is 0 Å². The van der Waals surface area contributed by atoms with Gasteiger partial charge in [-0.3, -0.25) is 0 Å². The summed E-state index contributed by atoms with van der Waals surface area (Å²) in [6, 6.07) is 3.72. The molecule has 15 heavy (non-hydrogen) atoms. The van der Waals surface area contributed by atoms with Gasteiger partial charge < -0.3 is 15.8 Å². The molecule has 1 aromatic rings. The summed E-state index contributed by atoms with van der Waals surface area (Å²) in [4.78, 5) is 4.01. The monoisotopic (exact) mass is 208 g/mol. The van der Waals surface area contributed by atoms with E-state index >= 15 is 0 Å². The predicted octanol–water partition coefficient (Wildman–Crippen LogP) is 0.552. The van der Waals surface area contributed by atoms with Gasteiger partial charge in [0.25, 0.3) is 0 Å². The van der Waals surface area contributed by atoms with Gasteiger partial charge in [0.15, 0.2) is 0 Å². The largest absolute Gasteiger partial charge is 0.396 e. The second-order valence-electron chi connectivity index (χ2n) is 4.09. The Labute approximate surface area is 88.7 Å². The van der Waals surface area contributed by atoms with Crippen molar-refractivity contribution < 1.29 is 5.11 Å². The van der Waals surface area contributed by atoms with E-state index in [0.29, 0.717) is 5.82 Å². The lowest BCUT2D eigenvalue weighted by molar-refractivity contribution is 0.220. The number of aliphatic hydroxyl groups is 1. The van der Waals surface area contributed by atoms with Crippen LogP contribution in [0.2, 0.25) is 0 Å². The number of nitrogens with one attached hydrogen (secondary N) is 2. The number of nitrogen functional groups attached to an aromatic ring is 1. The number of nitrogens with zero attached hydrogens (tertiary/aromatic N) is 1. The zero-order valence-corrected chi connectivity index (χ0v) is 8.53. The summed E-state index contributed by atoms with van der Waals surface area (Å²) in [7, 11) is 0. The molecule has 0 saturated heterocycles. The molecule has 1 fully saturated rings. The molecule has 0 amide bonds. The summed E-state index contributed by atoms with van der Waals surface area (Å²) >= 11 is 0. The second-order valence-corrected chi connectivity index (χ2v) is 4.09. The van der Waals surface area contributed by atoms with E-state index in [-0.39, 0.29) is 12.0 Å². The molecule has 0 aliphatic heterocycles. The van der Waals surface area contributed by atoms with Crippen LogP contribution in [0.5, 0.6) is 0 Å². The summed E-state index contributed by atoms with van der Waals surface area (Å²) in [5.74, 6) is 5.89. The fraction of sp³-hybridized carbons (Fsp3) is 0.500. The van der Waals surface area contributed by atoms with Crippen LogP contribution in [0.25, 0.3) is 0 Å². The number of hydrazine groups is 1. The van der Waals surface area contributed by atoms with E-state index < -0.39 is 0 Å². The fourth-order valence-electron chi connectivity index (χ4n) is 1.48. The highest BCUT2D eigenvalue weighted by Gasteiger charge is 2.41. The number of rotatable bonds is 5. The molecular formula is C10H16N4O. The van der Waals surface area contributed by atoms with Crippen molar-refractivity contribution in [3.05, 3.63) is 18.3 Å². The van der Waals surface area contributed by atoms with Crippen LogP contribution in [0.4, 0.5) is 11.5 Å². The Hall–Kier alpha value is -1.33. The van der Waals surface area contributed by atoms with Crippen LogP contribution in [0.15, 0.2) is 18.3 Å². The molecule has 5 nitrogen and oxygen atoms in total. The van der Waals surface area contributed by atoms with Crippen LogP contribution in [-0.4, -0.2) is 23.2 Å². The highest BCUT2D eigenvalue weighted by atomic mass is 16.3. The third-order valence-corrected chi connectivity index (χ3v) is 2.87. The number of pyridine rings is 1. The number of anilines is 2. The molecular weight excluding hydrogens is 192 g/mol. The lowest BCUT2D eigenvalue weighted by atomic mass is 10.1. The van der Waals surface area contributed by atoms with E-state index in [1.54, 1.807) is 6.20 Å². The summed E-state index contributed by atoms with van der Waals surface area (Å²) < 4.78 is 0. The minimum absolute atomic E-state index is 0.111. The molecule has 1 aromatic heterocycles. The third kappa shape index (κ3) is 2.37. The predicted molar refractivity (Wildman–Crippen MR) is 59.3 cm³/mol. The van der Waals surface area contributed by atoms with Crippen molar-refractivity contribution in [3.8, 4) is 0 Å². The van der Waals surface area contributed by atoms with Crippen molar-refractivity contribution in [2.45, 2.75) is 12.8 Å². The van der Waals surface area contributed by atoms with E-state index in [1.807, 2.05) is 12.1 Å². The van der Waals surface area contributed by atoms with Gasteiger partial charge in [-0.2, -0.15) is 0 Å². The van der Waals surface area contributed by atoms with Gasteiger partial charge in [-0.15, -0.1) is 0 Å². The smallest absolute Gasteiger partial charge is 0.141 e. The SMILES string of the molecule is NNc1cc(NCC2(CO)CC2)ccn1. The average molecular weight is 208 g/mol. The van der Waals surface area contributed by atoms with Crippen molar-refractivity contribution in [1.82, 2.24) is 4.98 Å². The Morgan fingerprint density at radius 3 is 2.93 bits per heavy atom. The number of hydrogen-bond donors (Lipinski definition) is 4. The summed E-state index contributed by atoms with van der Waals surface area (Å²) in [5, 5.41) is 12.4. The van der Waals surface area contributed by atoms with Gasteiger partial charge in [-0.05, 0) is 18.9 Å². The molecule has 2 rings (SSSR count). The Morgan fingerprint density at radius 2 is 2.33 bits per heavy atom. The summed E-state index contributed by atoms with van der Waals surface area (Å²) in [5.41, 5.74) is 3.57. The molecule has 0 radical (unpaired) electrons. The van der Waals surface area contributed by atoms with E-state index in [9.17, 15) is 0 Å². The highest BCUT2D eigenvalue weighted by molar-refractivity contribution is 5.51. The average Bonchev–Trinajstić information content (AvgIpc) is 3.07. The zero-order chi connectivity index (χ0) is 10.7. The maximum atomic E-state index is 9.15. The first-order valence-electron chi connectivity index (χ1n) is 5.05. The van der Waals surface area contributed by atoms with Crippen molar-refractivity contribution in [1.29, 1.82) is 0 Å². The van der Waals surface area contributed by atoms with Gasteiger partial charge in [0, 0.05) is 29.9 Å². The van der Waals surface area contributed by atoms with Gasteiger partial charge >= 0.3 is 0 Å². The van der Waals surface area contributed by atoms with E-state index in [1.165, 1.54) is 0 Å². The van der Waals surface area contributed by atoms with Crippen molar-refractivity contribution in [2.75, 3.05) is 23.9 Å². The van der Waals surface area contributed by atoms with E-state index in [0.717, 1.165) is 25.1 Å². The Balaban J connectivity index is 1.93. The number of nitrogens with two attached hydrogens (primary N) is 1. The Bertz CT molecular complexity index is 338. The molecule has 5 heteroatoms. The van der Waals surface area contributed by atoms with Gasteiger partial charge in [0.2, 0.25) is 0 Å². The molecule has 0 aromatic carbocycles. The molecule has 1 saturated carbocycles. The van der Waals surface area contributed by atoms with Crippen LogP contribution < -0.4 is 16.6 Å². The van der Waals surface area contributed by atoms with Crippen LogP contribution in [0, 0.1) is 5.41 Å². The first-order valence-corrected chi connectivity index (χ1v) is 5.05. The molecule has 0 atom stereocenters. The second kappa shape index (κ2) is 4.04. The zero-order valence-electron chi connectivity index (χ0n) is 8.53. The lowest BCUT2D eigenvalue weighted by Gasteiger charge is -2.14. The fourth-order valence-corrected chi connectivity index (χ4v) is 1.48. The quantitative estimate of drug-likeness (QED) is 0.419. The standard InChI is InChI=1S/C10H16N4O/c11-14-9-5-8(1-4-12-9)13-6-10(7-15)2-3-10/h1,4-5,15H,2-3,6-7,11H2,(H2,12,13,14). The highest BCUT2D eigenvalue weighted by Crippen LogP contribution is 2.44. The first kappa shape index (κ1) is 10.2. The minimum Gasteiger partial charge on any atom is -0.396 e. The minimum atomic E-state index is 0.111. The molecule has 5 N–H and O–H groups in total. The Morgan fingerprint density at radius 1 is 1.53 bits per heavy atom. The van der Waals surface area contributed by atoms with Crippen LogP contribution in [-0.2, 0) is 0 Å². The number of hydrogen-bond acceptors (Lipinski definition) is 5. The van der Waals surface area contributed by atoms with E-state index in [2.05, 4.69) is 15.7 Å². The van der Waals surface area contributed by atoms with Crippen LogP contribution in [0.1, 0.15) is 12.8 Å². The van der Waals surface area contributed by atoms with Gasteiger partial charge in [0.1, 0.15) is 5.82 Å². The maximum Gasteiger partial charge on any atom is 0.141 e. The molecule has 1 heterocycles. The molecule has 1 aliphatic rings. The van der Waals surface area contributed by atoms with Crippen LogP contribution >= 0.6 is 0 Å². The number of aliphatic hydroxyl groups excluding tert-OH is 1. The van der Waals surface area contributed by atoms with Crippen LogP contribution in [0.3, 0.4) is 0 Å². The molecule has 0 unspecified atom stereocenters. The molecule has 0 bridgehead atoms. The summed E-state index contributed by atoms with van der Waals surface area (Å²) in [6.45, 7) is 1.06. The normalized spacial score (nSPS) is 17.2. The van der Waals surface area contributed by atoms with Crippen molar-refractivity contribution in [2.24, 2.45) is 11.3 Å². The molecule has 0 spiro atoms. The summed E-state index contributed by atoms with van der Waals surface area (Å²) in [6.07, 6.45) is 3.89. The van der Waals surface area contributed by atoms with E-state index in [4.69, 9.17) is 10.9 Å². The van der Waals surface area contributed by atoms with Gasteiger partial charge in [0.05, 0.1) is 6.61 Å². The lowest BCUT2D eigenvalue weighted by Crippen LogP contribution is -2.19. The molecule has 82 valence electrons. The van der Waals surface area contributed by atoms with Crippen molar-refractivity contribution >= 4 is 11.5 Å². The Kier molecular flexibility index (Phi) is 2.75. The number of aromatic nitrogens is 1. The topological polar surface area (TPSA) is 83.2 Å². The third-order valence-electron chi connectivity index (χ3n) is 2.87. The first-order chi connectivity index (χ1) is 7.28. The molecule has 1 aliphatic carbocycles. The van der Waals surface area contributed by atoms with Gasteiger partial charge in [-0.1, -0.05) is 0 Å². The van der Waals surface area contributed by atoms with Gasteiger partial charge in [-0.25, -0.2) is 10.8 Å².